The van der Waals surface area contributed by atoms with Crippen LogP contribution in [0.1, 0.15) is 12.0 Å². The van der Waals surface area contributed by atoms with E-state index in [0.29, 0.717) is 13.0 Å². The maximum absolute atomic E-state index is 11.6. The molecule has 0 saturated carbocycles. The molecule has 1 aromatic rings. The van der Waals surface area contributed by atoms with Crippen LogP contribution in [0.2, 0.25) is 0 Å². The van der Waals surface area contributed by atoms with Crippen molar-refractivity contribution in [2.75, 3.05) is 26.2 Å². The van der Waals surface area contributed by atoms with Gasteiger partial charge in [-0.25, -0.2) is 0 Å². The summed E-state index contributed by atoms with van der Waals surface area (Å²) in [6, 6.07) is 10.3. The van der Waals surface area contributed by atoms with Gasteiger partial charge < -0.3 is 10.1 Å². The highest BCUT2D eigenvalue weighted by Gasteiger charge is 2.22. The van der Waals surface area contributed by atoms with Crippen molar-refractivity contribution in [2.45, 2.75) is 19.1 Å². The van der Waals surface area contributed by atoms with Crippen LogP contribution in [0.5, 0.6) is 0 Å². The van der Waals surface area contributed by atoms with Gasteiger partial charge in [0.25, 0.3) is 0 Å². The lowest BCUT2D eigenvalue weighted by Gasteiger charge is -2.32. The molecule has 20 heavy (non-hydrogen) atoms. The first kappa shape index (κ1) is 14.6. The van der Waals surface area contributed by atoms with Crippen molar-refractivity contribution in [3.63, 3.8) is 0 Å². The Morgan fingerprint density at radius 2 is 2.25 bits per heavy atom. The summed E-state index contributed by atoms with van der Waals surface area (Å²) >= 11 is 0. The van der Waals surface area contributed by atoms with Crippen LogP contribution in [0.25, 0.3) is 0 Å². The Morgan fingerprint density at radius 1 is 1.45 bits per heavy atom. The van der Waals surface area contributed by atoms with Crippen molar-refractivity contribution < 1.29 is 9.53 Å². The van der Waals surface area contributed by atoms with Gasteiger partial charge in [-0.3, -0.25) is 9.69 Å². The van der Waals surface area contributed by atoms with Crippen LogP contribution < -0.4 is 5.32 Å². The van der Waals surface area contributed by atoms with Crippen LogP contribution in [0.15, 0.2) is 30.3 Å². The van der Waals surface area contributed by atoms with Crippen LogP contribution in [-0.4, -0.2) is 43.2 Å². The number of morpholine rings is 1. The Labute approximate surface area is 120 Å². The van der Waals surface area contributed by atoms with E-state index in [-0.39, 0.29) is 18.6 Å². The molecule has 4 heteroatoms. The molecule has 1 heterocycles. The van der Waals surface area contributed by atoms with E-state index in [1.54, 1.807) is 0 Å². The third-order valence-electron chi connectivity index (χ3n) is 3.27. The molecule has 1 saturated heterocycles. The fourth-order valence-corrected chi connectivity index (χ4v) is 2.32. The Bertz CT molecular complexity index is 467. The number of carbonyl (C=O) groups excluding carboxylic acids is 1. The van der Waals surface area contributed by atoms with Crippen molar-refractivity contribution >= 4 is 5.91 Å². The van der Waals surface area contributed by atoms with Gasteiger partial charge >= 0.3 is 0 Å². The number of hydrogen-bond acceptors (Lipinski definition) is 3. The minimum absolute atomic E-state index is 0.0467. The molecule has 1 N–H and O–H groups in total. The molecule has 106 valence electrons. The van der Waals surface area contributed by atoms with Gasteiger partial charge in [0.05, 0.1) is 25.7 Å². The minimum atomic E-state index is -0.0507. The van der Waals surface area contributed by atoms with Gasteiger partial charge in [0.2, 0.25) is 5.91 Å². The first-order chi connectivity index (χ1) is 9.78. The molecular formula is C16H20N2O2. The fourth-order valence-electron chi connectivity index (χ4n) is 2.32. The topological polar surface area (TPSA) is 41.6 Å². The van der Waals surface area contributed by atoms with E-state index in [1.165, 1.54) is 5.56 Å². The number of amides is 1. The molecule has 0 aromatic heterocycles. The van der Waals surface area contributed by atoms with E-state index >= 15 is 0 Å². The summed E-state index contributed by atoms with van der Waals surface area (Å²) in [4.78, 5) is 13.9. The van der Waals surface area contributed by atoms with Gasteiger partial charge in [-0.2, -0.15) is 0 Å². The van der Waals surface area contributed by atoms with E-state index in [4.69, 9.17) is 11.2 Å². The lowest BCUT2D eigenvalue weighted by molar-refractivity contribution is -0.125. The molecule has 0 bridgehead atoms. The number of benzene rings is 1. The SMILES string of the molecule is C#CCNC(=O)C[C@H]1CN(Cc2ccccc2)CCO1. The molecule has 0 unspecified atom stereocenters. The van der Waals surface area contributed by atoms with Crippen molar-refractivity contribution in [1.29, 1.82) is 0 Å². The third kappa shape index (κ3) is 4.69. The second-order valence-corrected chi connectivity index (χ2v) is 4.90. The summed E-state index contributed by atoms with van der Waals surface area (Å²) in [5.74, 6) is 2.35. The molecule has 0 aliphatic carbocycles. The molecule has 1 fully saturated rings. The van der Waals surface area contributed by atoms with Gasteiger partial charge in [-0.1, -0.05) is 36.3 Å². The molecular weight excluding hydrogens is 252 g/mol. The highest BCUT2D eigenvalue weighted by atomic mass is 16.5. The largest absolute Gasteiger partial charge is 0.375 e. The number of terminal acetylenes is 1. The highest BCUT2D eigenvalue weighted by Crippen LogP contribution is 2.12. The molecule has 2 rings (SSSR count). The van der Waals surface area contributed by atoms with Gasteiger partial charge in [0.1, 0.15) is 0 Å². The standard InChI is InChI=1S/C16H20N2O2/c1-2-8-17-16(19)11-15-13-18(9-10-20-15)12-14-6-4-3-5-7-14/h1,3-7,15H,8-13H2,(H,17,19)/t15-/m0/s1. The van der Waals surface area contributed by atoms with Crippen LogP contribution in [0.3, 0.4) is 0 Å². The lowest BCUT2D eigenvalue weighted by Crippen LogP contribution is -2.44. The smallest absolute Gasteiger partial charge is 0.223 e. The number of hydrogen-bond donors (Lipinski definition) is 1. The summed E-state index contributed by atoms with van der Waals surface area (Å²) in [5.41, 5.74) is 1.28. The zero-order chi connectivity index (χ0) is 14.2. The second-order valence-electron chi connectivity index (χ2n) is 4.90. The monoisotopic (exact) mass is 272 g/mol. The summed E-state index contributed by atoms with van der Waals surface area (Å²) in [6.07, 6.45) is 5.43. The molecule has 1 aliphatic rings. The summed E-state index contributed by atoms with van der Waals surface area (Å²) in [5, 5.41) is 2.67. The van der Waals surface area contributed by atoms with E-state index < -0.39 is 0 Å². The number of ether oxygens (including phenoxy) is 1. The summed E-state index contributed by atoms with van der Waals surface area (Å²) in [7, 11) is 0. The van der Waals surface area contributed by atoms with Crippen LogP contribution >= 0.6 is 0 Å². The van der Waals surface area contributed by atoms with Crippen molar-refractivity contribution in [2.24, 2.45) is 0 Å². The normalized spacial score (nSPS) is 19.2. The van der Waals surface area contributed by atoms with Gasteiger partial charge in [0.15, 0.2) is 0 Å². The fraction of sp³-hybridized carbons (Fsp3) is 0.438. The van der Waals surface area contributed by atoms with Crippen LogP contribution in [0, 0.1) is 12.3 Å². The van der Waals surface area contributed by atoms with E-state index in [1.807, 2.05) is 18.2 Å². The quantitative estimate of drug-likeness (QED) is 0.814. The average molecular weight is 272 g/mol. The molecule has 1 aromatic carbocycles. The Kier molecular flexibility index (Phi) is 5.60. The maximum atomic E-state index is 11.6. The van der Waals surface area contributed by atoms with Gasteiger partial charge in [-0.15, -0.1) is 6.42 Å². The minimum Gasteiger partial charge on any atom is -0.375 e. The van der Waals surface area contributed by atoms with Crippen molar-refractivity contribution in [3.05, 3.63) is 35.9 Å². The molecule has 1 aliphatic heterocycles. The molecule has 1 atom stereocenters. The summed E-state index contributed by atoms with van der Waals surface area (Å²) in [6.45, 7) is 3.52. The molecule has 0 radical (unpaired) electrons. The van der Waals surface area contributed by atoms with E-state index in [2.05, 4.69) is 28.3 Å². The Balaban J connectivity index is 1.80. The van der Waals surface area contributed by atoms with Gasteiger partial charge in [0, 0.05) is 19.6 Å². The zero-order valence-corrected chi connectivity index (χ0v) is 11.5. The van der Waals surface area contributed by atoms with Crippen molar-refractivity contribution in [1.82, 2.24) is 10.2 Å². The number of carbonyl (C=O) groups is 1. The highest BCUT2D eigenvalue weighted by molar-refractivity contribution is 5.76. The van der Waals surface area contributed by atoms with Crippen LogP contribution in [0.4, 0.5) is 0 Å². The first-order valence-electron chi connectivity index (χ1n) is 6.86. The second kappa shape index (κ2) is 7.68. The van der Waals surface area contributed by atoms with Crippen LogP contribution in [-0.2, 0) is 16.1 Å². The average Bonchev–Trinajstić information content (AvgIpc) is 2.46. The summed E-state index contributed by atoms with van der Waals surface area (Å²) < 4.78 is 5.64. The number of nitrogens with one attached hydrogen (secondary N) is 1. The molecule has 1 amide bonds. The predicted octanol–water partition coefficient (Wildman–Crippen LogP) is 1.03. The number of rotatable bonds is 5. The Hall–Kier alpha value is -1.83. The number of nitrogens with zero attached hydrogens (tertiary/aromatic N) is 1. The molecule has 0 spiro atoms. The van der Waals surface area contributed by atoms with E-state index in [9.17, 15) is 4.79 Å². The molecule has 4 nitrogen and oxygen atoms in total. The maximum Gasteiger partial charge on any atom is 0.223 e. The van der Waals surface area contributed by atoms with E-state index in [0.717, 1.165) is 19.6 Å². The Morgan fingerprint density at radius 3 is 3.00 bits per heavy atom. The lowest BCUT2D eigenvalue weighted by atomic mass is 10.1. The van der Waals surface area contributed by atoms with Gasteiger partial charge in [-0.05, 0) is 5.56 Å². The first-order valence-corrected chi connectivity index (χ1v) is 6.86. The zero-order valence-electron chi connectivity index (χ0n) is 11.5. The third-order valence-corrected chi connectivity index (χ3v) is 3.27. The van der Waals surface area contributed by atoms with Crippen molar-refractivity contribution in [3.8, 4) is 12.3 Å². The predicted molar refractivity (Wildman–Crippen MR) is 77.9 cm³/mol.